The van der Waals surface area contributed by atoms with Gasteiger partial charge in [0, 0.05) is 18.0 Å². The average Bonchev–Trinajstić information content (AvgIpc) is 2.66. The van der Waals surface area contributed by atoms with Gasteiger partial charge in [0.1, 0.15) is 4.90 Å². The molecule has 0 atom stereocenters. The summed E-state index contributed by atoms with van der Waals surface area (Å²) >= 11 is 0. The zero-order chi connectivity index (χ0) is 13.1. The largest absolute Gasteiger partial charge is 0.478 e. The van der Waals surface area contributed by atoms with Crippen molar-refractivity contribution in [3.05, 3.63) is 24.0 Å². The van der Waals surface area contributed by atoms with E-state index in [9.17, 15) is 13.2 Å². The molecule has 0 bridgehead atoms. The second kappa shape index (κ2) is 5.13. The van der Waals surface area contributed by atoms with Crippen LogP contribution in [0.5, 0.6) is 0 Å². The van der Waals surface area contributed by atoms with Crippen LogP contribution in [0.1, 0.15) is 13.3 Å². The molecule has 0 saturated carbocycles. The highest BCUT2D eigenvalue weighted by Crippen LogP contribution is 2.07. The smallest absolute Gasteiger partial charge is 0.331 e. The zero-order valence-electron chi connectivity index (χ0n) is 9.62. The molecule has 0 aromatic carbocycles. The number of carbonyl (C=O) groups is 1. The highest BCUT2D eigenvalue weighted by atomic mass is 32.2. The highest BCUT2D eigenvalue weighted by molar-refractivity contribution is 7.90. The summed E-state index contributed by atoms with van der Waals surface area (Å²) in [7, 11) is -3.26. The van der Waals surface area contributed by atoms with Gasteiger partial charge in [-0.05, 0) is 6.42 Å². The van der Waals surface area contributed by atoms with Crippen molar-refractivity contribution in [2.24, 2.45) is 0 Å². The normalized spacial score (nSPS) is 12.7. The van der Waals surface area contributed by atoms with Gasteiger partial charge in [-0.1, -0.05) is 13.0 Å². The second-order valence-electron chi connectivity index (χ2n) is 3.56. The number of sulfone groups is 1. The van der Waals surface area contributed by atoms with Crippen molar-refractivity contribution in [1.29, 1.82) is 0 Å². The highest BCUT2D eigenvalue weighted by Gasteiger charge is 2.09. The van der Waals surface area contributed by atoms with Gasteiger partial charge in [-0.3, -0.25) is 4.68 Å². The Hall–Kier alpha value is -1.63. The number of rotatable bonds is 5. The summed E-state index contributed by atoms with van der Waals surface area (Å²) in [5, 5.41) is 12.6. The first-order valence-electron chi connectivity index (χ1n) is 4.99. The molecular formula is C10H14N2O4S. The van der Waals surface area contributed by atoms with E-state index in [2.05, 4.69) is 5.10 Å². The molecule has 6 nitrogen and oxygen atoms in total. The molecule has 1 heterocycles. The van der Waals surface area contributed by atoms with Crippen molar-refractivity contribution < 1.29 is 18.3 Å². The van der Waals surface area contributed by atoms with Gasteiger partial charge < -0.3 is 5.11 Å². The van der Waals surface area contributed by atoms with Gasteiger partial charge >= 0.3 is 5.97 Å². The molecule has 1 rings (SSSR count). The maximum Gasteiger partial charge on any atom is 0.331 e. The van der Waals surface area contributed by atoms with Crippen LogP contribution >= 0.6 is 0 Å². The molecule has 0 fully saturated rings. The van der Waals surface area contributed by atoms with Crippen molar-refractivity contribution in [1.82, 2.24) is 9.78 Å². The molecule has 1 N–H and O–H groups in total. The van der Waals surface area contributed by atoms with Crippen LogP contribution in [0, 0.1) is 0 Å². The van der Waals surface area contributed by atoms with E-state index in [1.54, 1.807) is 6.92 Å². The minimum Gasteiger partial charge on any atom is -0.478 e. The van der Waals surface area contributed by atoms with Crippen LogP contribution in [0.25, 0.3) is 0 Å². The number of carboxylic acid groups (broad SMARTS) is 1. The van der Waals surface area contributed by atoms with E-state index in [1.807, 2.05) is 0 Å². The van der Waals surface area contributed by atoms with E-state index < -0.39 is 15.8 Å². The summed E-state index contributed by atoms with van der Waals surface area (Å²) in [5.74, 6) is -0.969. The molecule has 0 aliphatic rings. The lowest BCUT2D eigenvalue weighted by Gasteiger charge is -1.98. The molecule has 0 amide bonds. The third-order valence-corrected chi connectivity index (χ3v) is 3.29. The molecule has 0 aliphatic carbocycles. The van der Waals surface area contributed by atoms with E-state index in [1.165, 1.54) is 23.2 Å². The first kappa shape index (κ1) is 13.4. The van der Waals surface area contributed by atoms with Crippen molar-refractivity contribution in [2.45, 2.75) is 24.8 Å². The minimum absolute atomic E-state index is 0.124. The number of hydrogen-bond donors (Lipinski definition) is 1. The predicted octanol–water partition coefficient (Wildman–Crippen LogP) is 0.708. The van der Waals surface area contributed by atoms with E-state index in [0.717, 1.165) is 6.26 Å². The summed E-state index contributed by atoms with van der Waals surface area (Å²) < 4.78 is 23.8. The lowest BCUT2D eigenvalue weighted by molar-refractivity contribution is -0.132. The number of allylic oxidation sites excluding steroid dienone is 1. The molecule has 0 aliphatic heterocycles. The topological polar surface area (TPSA) is 89.3 Å². The Balaban J connectivity index is 2.84. The van der Waals surface area contributed by atoms with Crippen LogP contribution in [-0.2, 0) is 21.2 Å². The zero-order valence-corrected chi connectivity index (χ0v) is 10.4. The van der Waals surface area contributed by atoms with E-state index in [0.29, 0.717) is 6.42 Å². The molecule has 1 aromatic rings. The van der Waals surface area contributed by atoms with Gasteiger partial charge in [0.05, 0.1) is 12.7 Å². The van der Waals surface area contributed by atoms with Crippen LogP contribution in [0.2, 0.25) is 0 Å². The molecule has 1 aromatic heterocycles. The van der Waals surface area contributed by atoms with Crippen LogP contribution in [0.4, 0.5) is 0 Å². The molecule has 0 spiro atoms. The molecule has 0 unspecified atom stereocenters. The number of hydrogen-bond acceptors (Lipinski definition) is 4. The molecule has 7 heteroatoms. The predicted molar refractivity (Wildman–Crippen MR) is 61.3 cm³/mol. The fourth-order valence-corrected chi connectivity index (χ4v) is 1.77. The molecule has 17 heavy (non-hydrogen) atoms. The lowest BCUT2D eigenvalue weighted by atomic mass is 10.2. The summed E-state index contributed by atoms with van der Waals surface area (Å²) in [4.78, 5) is 10.8. The fraction of sp³-hybridized carbons (Fsp3) is 0.400. The fourth-order valence-electron chi connectivity index (χ4n) is 1.22. The summed E-state index contributed by atoms with van der Waals surface area (Å²) in [5.41, 5.74) is 0.279. The first-order chi connectivity index (χ1) is 7.84. The number of nitrogens with zero attached hydrogens (tertiary/aromatic N) is 2. The van der Waals surface area contributed by atoms with Crippen molar-refractivity contribution in [3.8, 4) is 0 Å². The molecule has 94 valence electrons. The standard InChI is InChI=1S/C10H14N2O4S/c1-3-8(10(13)14)4-5-12-7-9(6-11-12)17(2,15)16/h4,6-7H,3,5H2,1-2H3,(H,13,14)/b8-4-. The van der Waals surface area contributed by atoms with Crippen LogP contribution < -0.4 is 0 Å². The first-order valence-corrected chi connectivity index (χ1v) is 6.88. The monoisotopic (exact) mass is 258 g/mol. The Morgan fingerprint density at radius 2 is 2.24 bits per heavy atom. The van der Waals surface area contributed by atoms with Gasteiger partial charge in [0.2, 0.25) is 0 Å². The van der Waals surface area contributed by atoms with Crippen molar-refractivity contribution in [2.75, 3.05) is 6.26 Å². The van der Waals surface area contributed by atoms with E-state index in [4.69, 9.17) is 5.11 Å². The van der Waals surface area contributed by atoms with E-state index in [-0.39, 0.29) is 17.0 Å². The third-order valence-electron chi connectivity index (χ3n) is 2.22. The Labute approximate surface area is 99.5 Å². The van der Waals surface area contributed by atoms with Crippen molar-refractivity contribution in [3.63, 3.8) is 0 Å². The minimum atomic E-state index is -3.26. The molecule has 0 saturated heterocycles. The Kier molecular flexibility index (Phi) is 4.06. The van der Waals surface area contributed by atoms with Gasteiger partial charge in [-0.25, -0.2) is 13.2 Å². The van der Waals surface area contributed by atoms with E-state index >= 15 is 0 Å². The summed E-state index contributed by atoms with van der Waals surface area (Å²) in [6.07, 6.45) is 5.65. The van der Waals surface area contributed by atoms with Crippen LogP contribution in [0.15, 0.2) is 28.9 Å². The Morgan fingerprint density at radius 3 is 2.65 bits per heavy atom. The third kappa shape index (κ3) is 3.70. The Bertz CT molecular complexity index is 542. The molecule has 0 radical (unpaired) electrons. The van der Waals surface area contributed by atoms with Gasteiger partial charge in [0.15, 0.2) is 9.84 Å². The SMILES string of the molecule is CC/C(=C/Cn1cc(S(C)(=O)=O)cn1)C(=O)O. The Morgan fingerprint density at radius 1 is 1.59 bits per heavy atom. The van der Waals surface area contributed by atoms with Gasteiger partial charge in [-0.15, -0.1) is 0 Å². The number of carboxylic acids is 1. The second-order valence-corrected chi connectivity index (χ2v) is 5.57. The summed E-state index contributed by atoms with van der Waals surface area (Å²) in [6, 6.07) is 0. The molecular weight excluding hydrogens is 244 g/mol. The van der Waals surface area contributed by atoms with Crippen LogP contribution in [-0.4, -0.2) is 35.5 Å². The maximum atomic E-state index is 11.2. The van der Waals surface area contributed by atoms with Gasteiger partial charge in [-0.2, -0.15) is 5.10 Å². The quantitative estimate of drug-likeness (QED) is 0.785. The number of aromatic nitrogens is 2. The lowest BCUT2D eigenvalue weighted by Crippen LogP contribution is -2.03. The summed E-state index contributed by atoms with van der Waals surface area (Å²) in [6.45, 7) is 1.98. The maximum absolute atomic E-state index is 11.2. The van der Waals surface area contributed by atoms with Crippen molar-refractivity contribution >= 4 is 15.8 Å². The van der Waals surface area contributed by atoms with Crippen LogP contribution in [0.3, 0.4) is 0 Å². The number of aliphatic carboxylic acids is 1. The van der Waals surface area contributed by atoms with Gasteiger partial charge in [0.25, 0.3) is 0 Å². The average molecular weight is 258 g/mol.